The monoisotopic (exact) mass is 451 g/mol. The molecule has 0 amide bonds. The maximum atomic E-state index is 11.7. The van der Waals surface area contributed by atoms with Gasteiger partial charge in [0.2, 0.25) is 0 Å². The van der Waals surface area contributed by atoms with Crippen LogP contribution in [0.4, 0.5) is 0 Å². The van der Waals surface area contributed by atoms with Crippen molar-refractivity contribution >= 4 is 5.97 Å². The maximum absolute atomic E-state index is 11.7. The Balaban J connectivity index is 1.47. The first kappa shape index (κ1) is 23.3. The summed E-state index contributed by atoms with van der Waals surface area (Å²) >= 11 is 0. The number of carboxylic acid groups (broad SMARTS) is 1. The van der Waals surface area contributed by atoms with Crippen LogP contribution in [0.15, 0.2) is 115 Å². The van der Waals surface area contributed by atoms with Gasteiger partial charge in [-0.1, -0.05) is 103 Å². The molecule has 0 saturated carbocycles. The Hall–Kier alpha value is -3.89. The fourth-order valence-corrected chi connectivity index (χ4v) is 4.10. The standard InChI is InChI=1S/C30H29NO3/c32-30(33)22-31(21-29(26-12-6-2-7-13-26)27-14-8-3-9-15-27)20-24-16-18-28(19-17-24)34-23-25-10-4-1-5-11-25/h1-19,29H,20-23H2,(H,32,33). The fourth-order valence-electron chi connectivity index (χ4n) is 4.10. The quantitative estimate of drug-likeness (QED) is 0.305. The minimum Gasteiger partial charge on any atom is -0.489 e. The molecule has 4 aromatic carbocycles. The van der Waals surface area contributed by atoms with Gasteiger partial charge >= 0.3 is 5.97 Å². The van der Waals surface area contributed by atoms with E-state index >= 15 is 0 Å². The maximum Gasteiger partial charge on any atom is 0.317 e. The predicted molar refractivity (Wildman–Crippen MR) is 135 cm³/mol. The smallest absolute Gasteiger partial charge is 0.317 e. The summed E-state index contributed by atoms with van der Waals surface area (Å²) in [6.45, 7) is 1.64. The van der Waals surface area contributed by atoms with E-state index in [-0.39, 0.29) is 12.5 Å². The Morgan fingerprint density at radius 2 is 1.24 bits per heavy atom. The van der Waals surface area contributed by atoms with Crippen LogP contribution < -0.4 is 4.74 Å². The van der Waals surface area contributed by atoms with Crippen molar-refractivity contribution in [3.63, 3.8) is 0 Å². The van der Waals surface area contributed by atoms with Crippen molar-refractivity contribution in [2.45, 2.75) is 19.1 Å². The van der Waals surface area contributed by atoms with Gasteiger partial charge in [0.1, 0.15) is 12.4 Å². The summed E-state index contributed by atoms with van der Waals surface area (Å²) in [5.74, 6) is 0.0433. The molecule has 4 rings (SSSR count). The fraction of sp³-hybridized carbons (Fsp3) is 0.167. The molecule has 0 bridgehead atoms. The predicted octanol–water partition coefficient (Wildman–Crippen LogP) is 5.98. The third-order valence-electron chi connectivity index (χ3n) is 5.78. The van der Waals surface area contributed by atoms with Crippen LogP contribution in [0, 0.1) is 0 Å². The van der Waals surface area contributed by atoms with Gasteiger partial charge in [-0.25, -0.2) is 0 Å². The highest BCUT2D eigenvalue weighted by molar-refractivity contribution is 5.69. The van der Waals surface area contributed by atoms with Gasteiger partial charge in [-0.2, -0.15) is 0 Å². The number of carbonyl (C=O) groups is 1. The highest BCUT2D eigenvalue weighted by Crippen LogP contribution is 2.26. The lowest BCUT2D eigenvalue weighted by molar-refractivity contribution is -0.138. The van der Waals surface area contributed by atoms with Crippen molar-refractivity contribution < 1.29 is 14.6 Å². The van der Waals surface area contributed by atoms with Gasteiger partial charge in [-0.05, 0) is 34.4 Å². The van der Waals surface area contributed by atoms with Gasteiger partial charge in [-0.3, -0.25) is 9.69 Å². The Bertz CT molecular complexity index is 1110. The van der Waals surface area contributed by atoms with E-state index in [2.05, 4.69) is 24.3 Å². The van der Waals surface area contributed by atoms with Gasteiger partial charge in [0.05, 0.1) is 6.54 Å². The second-order valence-electron chi connectivity index (χ2n) is 8.36. The lowest BCUT2D eigenvalue weighted by atomic mass is 9.90. The van der Waals surface area contributed by atoms with Crippen LogP contribution in [0.2, 0.25) is 0 Å². The van der Waals surface area contributed by atoms with E-state index in [1.807, 2.05) is 95.9 Å². The van der Waals surface area contributed by atoms with Crippen molar-refractivity contribution in [2.24, 2.45) is 0 Å². The molecule has 0 unspecified atom stereocenters. The highest BCUT2D eigenvalue weighted by Gasteiger charge is 2.20. The topological polar surface area (TPSA) is 49.8 Å². The minimum absolute atomic E-state index is 0.0254. The molecule has 4 heteroatoms. The molecule has 0 aliphatic carbocycles. The molecule has 0 spiro atoms. The van der Waals surface area contributed by atoms with Crippen LogP contribution in [0.1, 0.15) is 28.2 Å². The molecule has 0 saturated heterocycles. The van der Waals surface area contributed by atoms with Crippen LogP contribution >= 0.6 is 0 Å². The molecule has 0 atom stereocenters. The summed E-state index contributed by atoms with van der Waals surface area (Å²) in [6, 6.07) is 38.5. The molecule has 4 aromatic rings. The van der Waals surface area contributed by atoms with Gasteiger partial charge in [-0.15, -0.1) is 0 Å². The van der Waals surface area contributed by atoms with E-state index in [4.69, 9.17) is 4.74 Å². The summed E-state index contributed by atoms with van der Waals surface area (Å²) in [7, 11) is 0. The molecule has 4 nitrogen and oxygen atoms in total. The molecule has 172 valence electrons. The first-order chi connectivity index (χ1) is 16.7. The summed E-state index contributed by atoms with van der Waals surface area (Å²) in [5, 5.41) is 9.58. The normalized spacial score (nSPS) is 11.0. The molecular formula is C30H29NO3. The highest BCUT2D eigenvalue weighted by atomic mass is 16.5. The summed E-state index contributed by atoms with van der Waals surface area (Å²) in [6.07, 6.45) is 0. The van der Waals surface area contributed by atoms with E-state index in [1.165, 1.54) is 11.1 Å². The number of carboxylic acids is 1. The van der Waals surface area contributed by atoms with Gasteiger partial charge in [0.25, 0.3) is 0 Å². The zero-order chi connectivity index (χ0) is 23.6. The SMILES string of the molecule is O=C(O)CN(Cc1ccc(OCc2ccccc2)cc1)CC(c1ccccc1)c1ccccc1. The Morgan fingerprint density at radius 3 is 1.76 bits per heavy atom. The second-order valence-corrected chi connectivity index (χ2v) is 8.36. The van der Waals surface area contributed by atoms with Crippen LogP contribution in [-0.4, -0.2) is 29.1 Å². The lowest BCUT2D eigenvalue weighted by Crippen LogP contribution is -2.33. The van der Waals surface area contributed by atoms with Crippen molar-refractivity contribution in [3.8, 4) is 5.75 Å². The average Bonchev–Trinajstić information content (AvgIpc) is 2.88. The molecule has 0 heterocycles. The summed E-state index contributed by atoms with van der Waals surface area (Å²) < 4.78 is 5.89. The van der Waals surface area contributed by atoms with E-state index in [9.17, 15) is 9.90 Å². The number of rotatable bonds is 11. The van der Waals surface area contributed by atoms with Crippen LogP contribution in [0.5, 0.6) is 5.75 Å². The van der Waals surface area contributed by atoms with Crippen molar-refractivity contribution in [1.29, 1.82) is 0 Å². The van der Waals surface area contributed by atoms with Crippen molar-refractivity contribution in [3.05, 3.63) is 138 Å². The zero-order valence-electron chi connectivity index (χ0n) is 19.1. The third kappa shape index (κ3) is 6.80. The summed E-state index contributed by atoms with van der Waals surface area (Å²) in [5.41, 5.74) is 4.52. The Labute approximate surface area is 201 Å². The number of hydrogen-bond acceptors (Lipinski definition) is 3. The van der Waals surface area contributed by atoms with E-state index in [1.54, 1.807) is 0 Å². The number of hydrogen-bond donors (Lipinski definition) is 1. The average molecular weight is 452 g/mol. The van der Waals surface area contributed by atoms with Gasteiger partial charge in [0, 0.05) is 19.0 Å². The number of benzene rings is 4. The first-order valence-electron chi connectivity index (χ1n) is 11.5. The largest absolute Gasteiger partial charge is 0.489 e. The first-order valence-corrected chi connectivity index (χ1v) is 11.5. The van der Waals surface area contributed by atoms with E-state index in [0.717, 1.165) is 16.9 Å². The number of ether oxygens (including phenoxy) is 1. The Kier molecular flexibility index (Phi) is 8.09. The molecule has 0 aromatic heterocycles. The van der Waals surface area contributed by atoms with Crippen LogP contribution in [0.25, 0.3) is 0 Å². The zero-order valence-corrected chi connectivity index (χ0v) is 19.1. The lowest BCUT2D eigenvalue weighted by Gasteiger charge is -2.27. The molecule has 0 fully saturated rings. The Morgan fingerprint density at radius 1 is 0.706 bits per heavy atom. The molecule has 0 aliphatic heterocycles. The molecule has 1 N–H and O–H groups in total. The summed E-state index contributed by atoms with van der Waals surface area (Å²) in [4.78, 5) is 13.7. The van der Waals surface area contributed by atoms with Crippen molar-refractivity contribution in [1.82, 2.24) is 4.90 Å². The number of nitrogens with zero attached hydrogens (tertiary/aromatic N) is 1. The second kappa shape index (κ2) is 11.8. The minimum atomic E-state index is -0.831. The van der Waals surface area contributed by atoms with Crippen LogP contribution in [-0.2, 0) is 17.9 Å². The molecular weight excluding hydrogens is 422 g/mol. The third-order valence-corrected chi connectivity index (χ3v) is 5.78. The molecule has 34 heavy (non-hydrogen) atoms. The number of aliphatic carboxylic acids is 1. The van der Waals surface area contributed by atoms with Gasteiger partial charge < -0.3 is 9.84 Å². The van der Waals surface area contributed by atoms with Crippen molar-refractivity contribution in [2.75, 3.05) is 13.1 Å². The molecule has 0 radical (unpaired) electrons. The van der Waals surface area contributed by atoms with E-state index in [0.29, 0.717) is 19.7 Å². The van der Waals surface area contributed by atoms with Crippen LogP contribution in [0.3, 0.4) is 0 Å². The van der Waals surface area contributed by atoms with Gasteiger partial charge in [0.15, 0.2) is 0 Å². The van der Waals surface area contributed by atoms with E-state index < -0.39 is 5.97 Å². The molecule has 0 aliphatic rings.